The van der Waals surface area contributed by atoms with Crippen LogP contribution in [0.25, 0.3) is 10.4 Å². The van der Waals surface area contributed by atoms with E-state index in [4.69, 9.17) is 14.2 Å². The molecular weight excluding hydrogens is 476 g/mol. The standard InChI is InChI=1S/C28H38N2O5S/c1-18(2)34-27(31)21-8-7-11-24(16-21)35-23-14-12-20(13-15-23)26-25(29-19(3)36-26)17-33-28(32)30(4)22-9-5-6-10-22/h12-15,18,21-22,24H,5-11,16-17H2,1-4H3/t21-,24-/m0/s1. The molecular formula is C28H38N2O5S. The Morgan fingerprint density at radius 2 is 1.81 bits per heavy atom. The van der Waals surface area contributed by atoms with Gasteiger partial charge < -0.3 is 19.1 Å². The highest BCUT2D eigenvalue weighted by Gasteiger charge is 2.30. The molecule has 0 spiro atoms. The molecule has 2 atom stereocenters. The molecule has 2 aliphatic carbocycles. The van der Waals surface area contributed by atoms with E-state index < -0.39 is 0 Å². The molecule has 2 aromatic rings. The summed E-state index contributed by atoms with van der Waals surface area (Å²) < 4.78 is 17.3. The van der Waals surface area contributed by atoms with E-state index in [-0.39, 0.29) is 42.8 Å². The number of aryl methyl sites for hydroxylation is 1. The number of amides is 1. The minimum absolute atomic E-state index is 0.00629. The maximum atomic E-state index is 12.5. The molecule has 0 bridgehead atoms. The molecule has 1 amide bonds. The Balaban J connectivity index is 1.35. The van der Waals surface area contributed by atoms with Gasteiger partial charge in [0.05, 0.1) is 33.7 Å². The summed E-state index contributed by atoms with van der Waals surface area (Å²) in [4.78, 5) is 32.2. The lowest BCUT2D eigenvalue weighted by atomic mass is 9.87. The zero-order chi connectivity index (χ0) is 25.7. The Kier molecular flexibility index (Phi) is 8.88. The predicted octanol–water partition coefficient (Wildman–Crippen LogP) is 6.52. The van der Waals surface area contributed by atoms with Crippen molar-refractivity contribution in [1.29, 1.82) is 0 Å². The predicted molar refractivity (Wildman–Crippen MR) is 140 cm³/mol. The fourth-order valence-corrected chi connectivity index (χ4v) is 6.07. The van der Waals surface area contributed by atoms with Gasteiger partial charge in [0.2, 0.25) is 0 Å². The SMILES string of the molecule is Cc1nc(COC(=O)N(C)C2CCCC2)c(-c2ccc(O[C@H]3CCC[C@H](C(=O)OC(C)C)C3)cc2)s1. The van der Waals surface area contributed by atoms with Crippen molar-refractivity contribution >= 4 is 23.4 Å². The molecule has 1 aromatic heterocycles. The van der Waals surface area contributed by atoms with E-state index >= 15 is 0 Å². The summed E-state index contributed by atoms with van der Waals surface area (Å²) >= 11 is 1.59. The number of ether oxygens (including phenoxy) is 3. The minimum atomic E-state index is -0.287. The molecule has 0 saturated heterocycles. The maximum absolute atomic E-state index is 12.5. The highest BCUT2D eigenvalue weighted by atomic mass is 32.1. The average molecular weight is 515 g/mol. The number of carbonyl (C=O) groups is 2. The Morgan fingerprint density at radius 1 is 1.08 bits per heavy atom. The van der Waals surface area contributed by atoms with E-state index in [9.17, 15) is 9.59 Å². The number of aromatic nitrogens is 1. The van der Waals surface area contributed by atoms with Crippen molar-refractivity contribution in [1.82, 2.24) is 9.88 Å². The van der Waals surface area contributed by atoms with Crippen LogP contribution in [0.2, 0.25) is 0 Å². The van der Waals surface area contributed by atoms with Gasteiger partial charge in [-0.15, -0.1) is 11.3 Å². The van der Waals surface area contributed by atoms with Gasteiger partial charge in [-0.1, -0.05) is 12.8 Å². The third-order valence-electron chi connectivity index (χ3n) is 7.03. The van der Waals surface area contributed by atoms with Crippen molar-refractivity contribution < 1.29 is 23.8 Å². The summed E-state index contributed by atoms with van der Waals surface area (Å²) in [6.07, 6.45) is 7.50. The van der Waals surface area contributed by atoms with E-state index in [0.717, 1.165) is 59.0 Å². The number of esters is 1. The molecule has 4 rings (SSSR count). The number of thiazole rings is 1. The molecule has 0 radical (unpaired) electrons. The second kappa shape index (κ2) is 12.1. The number of nitrogens with zero attached hydrogens (tertiary/aromatic N) is 2. The maximum Gasteiger partial charge on any atom is 0.410 e. The van der Waals surface area contributed by atoms with Crippen LogP contribution in [-0.4, -0.2) is 47.2 Å². The molecule has 1 heterocycles. The van der Waals surface area contributed by atoms with Crippen molar-refractivity contribution in [2.75, 3.05) is 7.05 Å². The fourth-order valence-electron chi connectivity index (χ4n) is 5.14. The van der Waals surface area contributed by atoms with Gasteiger partial charge in [0.1, 0.15) is 12.4 Å². The Bertz CT molecular complexity index is 1030. The quantitative estimate of drug-likeness (QED) is 0.373. The summed E-state index contributed by atoms with van der Waals surface area (Å²) in [6, 6.07) is 8.24. The van der Waals surface area contributed by atoms with Crippen molar-refractivity contribution in [2.24, 2.45) is 5.92 Å². The van der Waals surface area contributed by atoms with E-state index in [0.29, 0.717) is 6.42 Å². The van der Waals surface area contributed by atoms with Crippen molar-refractivity contribution in [2.45, 2.75) is 97.0 Å². The molecule has 0 N–H and O–H groups in total. The number of benzene rings is 1. The summed E-state index contributed by atoms with van der Waals surface area (Å²) in [5.41, 5.74) is 1.79. The lowest BCUT2D eigenvalue weighted by Crippen LogP contribution is -2.35. The molecule has 2 aliphatic rings. The molecule has 2 saturated carbocycles. The van der Waals surface area contributed by atoms with Gasteiger partial charge >= 0.3 is 12.1 Å². The number of rotatable bonds is 8. The Labute approximate surface area is 218 Å². The first-order valence-corrected chi connectivity index (χ1v) is 13.9. The van der Waals surface area contributed by atoms with Crippen LogP contribution in [0.3, 0.4) is 0 Å². The van der Waals surface area contributed by atoms with E-state index in [1.165, 1.54) is 12.8 Å². The van der Waals surface area contributed by atoms with Gasteiger partial charge in [0.25, 0.3) is 0 Å². The monoisotopic (exact) mass is 514 g/mol. The summed E-state index contributed by atoms with van der Waals surface area (Å²) in [6.45, 7) is 5.88. The molecule has 0 unspecified atom stereocenters. The summed E-state index contributed by atoms with van der Waals surface area (Å²) in [5.74, 6) is 0.578. The normalized spacial score (nSPS) is 20.4. The largest absolute Gasteiger partial charge is 0.490 e. The highest BCUT2D eigenvalue weighted by molar-refractivity contribution is 7.15. The molecule has 36 heavy (non-hydrogen) atoms. The topological polar surface area (TPSA) is 78.0 Å². The smallest absolute Gasteiger partial charge is 0.410 e. The van der Waals surface area contributed by atoms with E-state index in [1.807, 2.05) is 52.1 Å². The lowest BCUT2D eigenvalue weighted by Gasteiger charge is -2.29. The average Bonchev–Trinajstić information content (AvgIpc) is 3.52. The van der Waals surface area contributed by atoms with Crippen LogP contribution in [0.4, 0.5) is 4.79 Å². The van der Waals surface area contributed by atoms with Crippen molar-refractivity contribution in [3.63, 3.8) is 0 Å². The van der Waals surface area contributed by atoms with E-state index in [2.05, 4.69) is 4.98 Å². The van der Waals surface area contributed by atoms with Gasteiger partial charge in [-0.05, 0) is 89.1 Å². The minimum Gasteiger partial charge on any atom is -0.490 e. The molecule has 7 nitrogen and oxygen atoms in total. The zero-order valence-electron chi connectivity index (χ0n) is 21.8. The number of hydrogen-bond donors (Lipinski definition) is 0. The van der Waals surface area contributed by atoms with Crippen LogP contribution < -0.4 is 4.74 Å². The van der Waals surface area contributed by atoms with Gasteiger partial charge in [-0.3, -0.25) is 4.79 Å². The van der Waals surface area contributed by atoms with Crippen molar-refractivity contribution in [3.8, 4) is 16.2 Å². The second-order valence-electron chi connectivity index (χ2n) is 10.2. The van der Waals surface area contributed by atoms with Crippen LogP contribution in [0.1, 0.15) is 75.9 Å². The molecule has 1 aromatic carbocycles. The summed E-state index contributed by atoms with van der Waals surface area (Å²) in [7, 11) is 1.83. The van der Waals surface area contributed by atoms with Gasteiger partial charge in [-0.25, -0.2) is 9.78 Å². The first kappa shape index (κ1) is 26.5. The first-order valence-electron chi connectivity index (χ1n) is 13.1. The first-order chi connectivity index (χ1) is 17.3. The Morgan fingerprint density at radius 3 is 2.50 bits per heavy atom. The second-order valence-corrected chi connectivity index (χ2v) is 11.4. The van der Waals surface area contributed by atoms with Gasteiger partial charge in [-0.2, -0.15) is 0 Å². The Hall–Kier alpha value is -2.61. The zero-order valence-corrected chi connectivity index (χ0v) is 22.6. The molecule has 196 valence electrons. The number of carbonyl (C=O) groups excluding carboxylic acids is 2. The third-order valence-corrected chi connectivity index (χ3v) is 8.09. The molecule has 0 aliphatic heterocycles. The van der Waals surface area contributed by atoms with Crippen LogP contribution in [-0.2, 0) is 20.9 Å². The fraction of sp³-hybridized carbons (Fsp3) is 0.607. The van der Waals surface area contributed by atoms with Crippen molar-refractivity contribution in [3.05, 3.63) is 35.0 Å². The van der Waals surface area contributed by atoms with E-state index in [1.54, 1.807) is 16.2 Å². The van der Waals surface area contributed by atoms with Crippen LogP contribution in [0.5, 0.6) is 5.75 Å². The van der Waals surface area contributed by atoms with Crippen LogP contribution in [0.15, 0.2) is 24.3 Å². The van der Waals surface area contributed by atoms with Gasteiger partial charge in [0.15, 0.2) is 0 Å². The van der Waals surface area contributed by atoms with Crippen LogP contribution >= 0.6 is 11.3 Å². The lowest BCUT2D eigenvalue weighted by molar-refractivity contribution is -0.154. The summed E-state index contributed by atoms with van der Waals surface area (Å²) in [5, 5.41) is 0.932. The van der Waals surface area contributed by atoms with Gasteiger partial charge in [0, 0.05) is 13.1 Å². The molecule has 2 fully saturated rings. The highest BCUT2D eigenvalue weighted by Crippen LogP contribution is 2.34. The third kappa shape index (κ3) is 6.78. The number of hydrogen-bond acceptors (Lipinski definition) is 7. The molecule has 8 heteroatoms. The van der Waals surface area contributed by atoms with Crippen LogP contribution in [0, 0.1) is 12.8 Å².